The number of aryl methyl sites for hydroxylation is 1. The van der Waals surface area contributed by atoms with Crippen molar-refractivity contribution in [2.75, 3.05) is 5.32 Å². The molecule has 0 radical (unpaired) electrons. The fraction of sp³-hybridized carbons (Fsp3) is 0.222. The summed E-state index contributed by atoms with van der Waals surface area (Å²) in [6, 6.07) is 11.9. The van der Waals surface area contributed by atoms with Gasteiger partial charge in [0.05, 0.1) is 11.5 Å². The lowest BCUT2D eigenvalue weighted by atomic mass is 9.94. The summed E-state index contributed by atoms with van der Waals surface area (Å²) in [5.74, 6) is -1.26. The largest absolute Gasteiger partial charge is 0.416 e. The molecule has 27 heavy (non-hydrogen) atoms. The minimum Gasteiger partial charge on any atom is -0.335 e. The molecule has 3 rings (SSSR count). The van der Waals surface area contributed by atoms with Crippen LogP contribution >= 0.6 is 0 Å². The van der Waals surface area contributed by atoms with Gasteiger partial charge in [-0.3, -0.25) is 15.1 Å². The molecule has 9 heteroatoms. The quantitative estimate of drug-likeness (QED) is 0.742. The van der Waals surface area contributed by atoms with E-state index in [1.165, 1.54) is 12.1 Å². The highest BCUT2D eigenvalue weighted by Crippen LogP contribution is 2.31. The van der Waals surface area contributed by atoms with Crippen molar-refractivity contribution < 1.29 is 18.0 Å². The van der Waals surface area contributed by atoms with E-state index in [0.717, 1.165) is 23.3 Å². The van der Waals surface area contributed by atoms with Crippen molar-refractivity contribution in [3.8, 4) is 0 Å². The fourth-order valence-corrected chi connectivity index (χ4v) is 2.65. The van der Waals surface area contributed by atoms with E-state index >= 15 is 0 Å². The molecule has 2 aromatic carbocycles. The topological polar surface area (TPSA) is 81.9 Å². The van der Waals surface area contributed by atoms with Crippen LogP contribution in [0.1, 0.15) is 28.4 Å². The number of nitrogens with zero attached hydrogens (tertiary/aromatic N) is 4. The maximum atomic E-state index is 12.9. The summed E-state index contributed by atoms with van der Waals surface area (Å²) in [5, 5.41) is 16.8. The summed E-state index contributed by atoms with van der Waals surface area (Å²) in [6.45, 7) is 1.90. The van der Waals surface area contributed by atoms with E-state index in [1.807, 2.05) is 31.2 Å². The van der Waals surface area contributed by atoms with Crippen molar-refractivity contribution in [1.82, 2.24) is 20.6 Å². The second kappa shape index (κ2) is 7.56. The number of hydrogen-bond donors (Lipinski definition) is 1. The van der Waals surface area contributed by atoms with E-state index in [-0.39, 0.29) is 17.9 Å². The second-order valence-electron chi connectivity index (χ2n) is 5.99. The Morgan fingerprint density at radius 3 is 2.63 bits per heavy atom. The molecule has 0 spiro atoms. The molecule has 1 N–H and O–H groups in total. The van der Waals surface area contributed by atoms with Crippen LogP contribution in [0.15, 0.2) is 48.5 Å². The number of amides is 1. The highest BCUT2D eigenvalue weighted by molar-refractivity contribution is 5.95. The van der Waals surface area contributed by atoms with Gasteiger partial charge in [-0.25, -0.2) is 0 Å². The lowest BCUT2D eigenvalue weighted by Crippen LogP contribution is -2.25. The van der Waals surface area contributed by atoms with Crippen LogP contribution in [0.3, 0.4) is 0 Å². The first-order valence-electron chi connectivity index (χ1n) is 8.06. The Morgan fingerprint density at radius 1 is 1.19 bits per heavy atom. The number of benzene rings is 2. The lowest BCUT2D eigenvalue weighted by Gasteiger charge is -2.18. The highest BCUT2D eigenvalue weighted by Gasteiger charge is 2.31. The van der Waals surface area contributed by atoms with Crippen LogP contribution in [-0.4, -0.2) is 21.4 Å². The van der Waals surface area contributed by atoms with Gasteiger partial charge < -0.3 is 10.4 Å². The minimum atomic E-state index is -4.50. The minimum absolute atomic E-state index is 0.0390. The van der Waals surface area contributed by atoms with Crippen molar-refractivity contribution in [1.29, 1.82) is 0 Å². The zero-order valence-corrected chi connectivity index (χ0v) is 14.2. The second-order valence-corrected chi connectivity index (χ2v) is 5.99. The van der Waals surface area contributed by atoms with Crippen LogP contribution in [0.2, 0.25) is 0 Å². The first-order chi connectivity index (χ1) is 12.8. The molecule has 3 aromatic rings. The van der Waals surface area contributed by atoms with Crippen molar-refractivity contribution >= 4 is 11.6 Å². The molecule has 1 heterocycles. The summed E-state index contributed by atoms with van der Waals surface area (Å²) in [5.41, 5.74) is 1.06. The summed E-state index contributed by atoms with van der Waals surface area (Å²) in [6.07, 6.45) is -4.23. The molecule has 1 atom stereocenters. The van der Waals surface area contributed by atoms with Crippen molar-refractivity contribution in [2.45, 2.75) is 25.4 Å². The Hall–Kier alpha value is -3.23. The predicted octanol–water partition coefficient (Wildman–Crippen LogP) is 3.12. The summed E-state index contributed by atoms with van der Waals surface area (Å²) in [7, 11) is 0. The number of nitrogens with one attached hydrogen (secondary N) is 1. The van der Waals surface area contributed by atoms with Crippen molar-refractivity contribution in [2.24, 2.45) is 0 Å². The lowest BCUT2D eigenvalue weighted by molar-refractivity contribution is -0.137. The molecular formula is C18H15F3N5O-. The Morgan fingerprint density at radius 2 is 1.96 bits per heavy atom. The molecule has 1 amide bonds. The number of rotatable bonds is 5. The maximum absolute atomic E-state index is 12.9. The van der Waals surface area contributed by atoms with Gasteiger partial charge in [0.15, 0.2) is 0 Å². The third-order valence-corrected chi connectivity index (χ3v) is 4.11. The van der Waals surface area contributed by atoms with Crippen molar-refractivity contribution in [3.63, 3.8) is 0 Å². The number of hydrogen-bond acceptors (Lipinski definition) is 4. The monoisotopic (exact) mass is 374 g/mol. The van der Waals surface area contributed by atoms with Gasteiger partial charge in [0, 0.05) is 11.5 Å². The van der Waals surface area contributed by atoms with Gasteiger partial charge in [-0.05, 0) is 42.7 Å². The van der Waals surface area contributed by atoms with Crippen LogP contribution in [0.25, 0.3) is 0 Å². The zero-order chi connectivity index (χ0) is 19.4. The molecular weight excluding hydrogens is 359 g/mol. The van der Waals surface area contributed by atoms with Crippen LogP contribution in [0.4, 0.5) is 18.9 Å². The van der Waals surface area contributed by atoms with Crippen LogP contribution in [0.5, 0.6) is 0 Å². The standard InChI is InChI=1S/C18H16F3N5O/c1-11-5-2-3-6-12(11)9-15(16-23-25-26-24-16)17(27)22-14-8-4-7-13(10-14)18(19,20)21/h2-8,10,15H,9H2,1H3,(H2,22,23,24,25,26,27)/p-1. The highest BCUT2D eigenvalue weighted by atomic mass is 19.4. The smallest absolute Gasteiger partial charge is 0.335 e. The number of carbonyl (C=O) groups is 1. The molecule has 0 bridgehead atoms. The Labute approximate surface area is 152 Å². The molecule has 0 fully saturated rings. The van der Waals surface area contributed by atoms with E-state index in [1.54, 1.807) is 0 Å². The molecule has 0 saturated heterocycles. The Balaban J connectivity index is 1.85. The number of alkyl halides is 3. The van der Waals surface area contributed by atoms with Crippen LogP contribution in [-0.2, 0) is 17.4 Å². The van der Waals surface area contributed by atoms with Gasteiger partial charge in [0.1, 0.15) is 0 Å². The third-order valence-electron chi connectivity index (χ3n) is 4.11. The van der Waals surface area contributed by atoms with Gasteiger partial charge in [-0.15, -0.1) is 0 Å². The number of carbonyl (C=O) groups excluding carboxylic acids is 1. The summed E-state index contributed by atoms with van der Waals surface area (Å²) < 4.78 is 38.6. The van der Waals surface area contributed by atoms with Gasteiger partial charge in [0.2, 0.25) is 5.91 Å². The number of halogens is 3. The predicted molar refractivity (Wildman–Crippen MR) is 90.8 cm³/mol. The maximum Gasteiger partial charge on any atom is 0.416 e. The SMILES string of the molecule is Cc1ccccc1CC(C(=O)Nc1cccc(C(F)(F)F)c1)c1nnn[n-]1. The van der Waals surface area contributed by atoms with Gasteiger partial charge in [-0.2, -0.15) is 18.4 Å². The molecule has 0 aliphatic rings. The zero-order valence-electron chi connectivity index (χ0n) is 14.2. The number of aromatic nitrogens is 4. The Kier molecular flexibility index (Phi) is 5.20. The Bertz CT molecular complexity index is 925. The summed E-state index contributed by atoms with van der Waals surface area (Å²) in [4.78, 5) is 12.8. The first-order valence-corrected chi connectivity index (χ1v) is 8.06. The van der Waals surface area contributed by atoms with E-state index in [4.69, 9.17) is 0 Å². The molecule has 1 aromatic heterocycles. The van der Waals surface area contributed by atoms with Gasteiger partial charge in [-0.1, -0.05) is 30.3 Å². The van der Waals surface area contributed by atoms with Gasteiger partial charge in [0.25, 0.3) is 0 Å². The fourth-order valence-electron chi connectivity index (χ4n) is 2.65. The van der Waals surface area contributed by atoms with Gasteiger partial charge >= 0.3 is 6.18 Å². The molecule has 6 nitrogen and oxygen atoms in total. The van der Waals surface area contributed by atoms with E-state index in [9.17, 15) is 18.0 Å². The van der Waals surface area contributed by atoms with E-state index < -0.39 is 23.6 Å². The molecule has 140 valence electrons. The molecule has 1 unspecified atom stereocenters. The van der Waals surface area contributed by atoms with Crippen molar-refractivity contribution in [3.05, 3.63) is 71.0 Å². The van der Waals surface area contributed by atoms with E-state index in [2.05, 4.69) is 25.9 Å². The average molecular weight is 374 g/mol. The van der Waals surface area contributed by atoms with Crippen LogP contribution < -0.4 is 10.4 Å². The van der Waals surface area contributed by atoms with E-state index in [0.29, 0.717) is 0 Å². The normalized spacial score (nSPS) is 12.6. The molecule has 0 aliphatic carbocycles. The molecule has 0 aliphatic heterocycles. The number of tetrazole rings is 1. The molecule has 0 saturated carbocycles. The number of anilines is 1. The van der Waals surface area contributed by atoms with Crippen LogP contribution in [0, 0.1) is 6.92 Å². The first kappa shape index (κ1) is 18.6. The third kappa shape index (κ3) is 4.49. The summed E-state index contributed by atoms with van der Waals surface area (Å²) >= 11 is 0. The average Bonchev–Trinajstić information content (AvgIpc) is 3.14.